The van der Waals surface area contributed by atoms with Gasteiger partial charge in [0.05, 0.1) is 5.56 Å². The Morgan fingerprint density at radius 2 is 1.92 bits per heavy atom. The molecule has 1 heterocycles. The van der Waals surface area contributed by atoms with Gasteiger partial charge in [0.1, 0.15) is 11.1 Å². The molecule has 0 fully saturated rings. The third-order valence-corrected chi connectivity index (χ3v) is 4.74. The Hall–Kier alpha value is -2.65. The number of carbonyl (C=O) groups excluding carboxylic acids is 2. The van der Waals surface area contributed by atoms with Crippen LogP contribution < -0.4 is 10.6 Å². The van der Waals surface area contributed by atoms with Gasteiger partial charge < -0.3 is 10.6 Å². The summed E-state index contributed by atoms with van der Waals surface area (Å²) >= 11 is 1.40. The molecule has 0 aliphatic heterocycles. The average Bonchev–Trinajstić information content (AvgIpc) is 2.96. The van der Waals surface area contributed by atoms with Crippen LogP contribution in [0.4, 0.5) is 10.7 Å². The molecule has 2 amide bonds. The molecule has 0 saturated carbocycles. The minimum absolute atomic E-state index is 0.123. The van der Waals surface area contributed by atoms with Gasteiger partial charge in [0, 0.05) is 21.5 Å². The number of rotatable bonds is 4. The largest absolute Gasteiger partial charge is 0.326 e. The molecule has 2 rings (SSSR count). The number of carbonyl (C=O) groups is 2. The summed E-state index contributed by atoms with van der Waals surface area (Å²) in [6.45, 7) is 7.47. The third-order valence-electron chi connectivity index (χ3n) is 3.54. The second-order valence-corrected chi connectivity index (χ2v) is 7.80. The number of hydrogen-bond acceptors (Lipinski definition) is 4. The molecule has 130 valence electrons. The number of nitrogens with one attached hydrogen (secondary N) is 2. The summed E-state index contributed by atoms with van der Waals surface area (Å²) in [4.78, 5) is 25.6. The molecule has 0 atom stereocenters. The SMILES string of the molecule is CCc1cc(C#N)c(NC(=O)c2cccc(NC(=O)C(C)(C)C)c2)s1. The summed E-state index contributed by atoms with van der Waals surface area (Å²) < 4.78 is 0. The molecule has 0 aliphatic rings. The first-order valence-electron chi connectivity index (χ1n) is 8.00. The number of thiophene rings is 1. The smallest absolute Gasteiger partial charge is 0.256 e. The van der Waals surface area contributed by atoms with Gasteiger partial charge in [0.25, 0.3) is 5.91 Å². The summed E-state index contributed by atoms with van der Waals surface area (Å²) in [5, 5.41) is 15.3. The Bertz CT molecular complexity index is 841. The highest BCUT2D eigenvalue weighted by Gasteiger charge is 2.21. The number of benzene rings is 1. The molecule has 2 aromatic rings. The van der Waals surface area contributed by atoms with Gasteiger partial charge in [-0.15, -0.1) is 11.3 Å². The van der Waals surface area contributed by atoms with Crippen LogP contribution in [-0.2, 0) is 11.2 Å². The van der Waals surface area contributed by atoms with Crippen LogP contribution in [0.3, 0.4) is 0 Å². The highest BCUT2D eigenvalue weighted by Crippen LogP contribution is 2.28. The van der Waals surface area contributed by atoms with E-state index in [1.165, 1.54) is 11.3 Å². The van der Waals surface area contributed by atoms with Crippen LogP contribution in [0.5, 0.6) is 0 Å². The van der Waals surface area contributed by atoms with Crippen molar-refractivity contribution in [2.24, 2.45) is 5.41 Å². The van der Waals surface area contributed by atoms with Crippen molar-refractivity contribution in [3.63, 3.8) is 0 Å². The zero-order valence-electron chi connectivity index (χ0n) is 14.8. The summed E-state index contributed by atoms with van der Waals surface area (Å²) in [6.07, 6.45) is 0.809. The van der Waals surface area contributed by atoms with Crippen molar-refractivity contribution < 1.29 is 9.59 Å². The Balaban J connectivity index is 2.18. The quantitative estimate of drug-likeness (QED) is 0.852. The monoisotopic (exact) mass is 355 g/mol. The van der Waals surface area contributed by atoms with E-state index >= 15 is 0 Å². The van der Waals surface area contributed by atoms with E-state index in [1.54, 1.807) is 30.3 Å². The second-order valence-electron chi connectivity index (χ2n) is 6.66. The molecule has 0 radical (unpaired) electrons. The van der Waals surface area contributed by atoms with Crippen molar-refractivity contribution >= 4 is 33.8 Å². The predicted octanol–water partition coefficient (Wildman–Crippen LogP) is 4.42. The molecule has 0 spiro atoms. The fraction of sp³-hybridized carbons (Fsp3) is 0.316. The zero-order valence-corrected chi connectivity index (χ0v) is 15.6. The first-order chi connectivity index (χ1) is 11.7. The van der Waals surface area contributed by atoms with E-state index in [9.17, 15) is 14.9 Å². The van der Waals surface area contributed by atoms with Crippen molar-refractivity contribution in [2.75, 3.05) is 10.6 Å². The summed E-state index contributed by atoms with van der Waals surface area (Å²) in [5.74, 6) is -0.435. The van der Waals surface area contributed by atoms with E-state index in [4.69, 9.17) is 0 Å². The molecular weight excluding hydrogens is 334 g/mol. The molecular formula is C19H21N3O2S. The van der Waals surface area contributed by atoms with E-state index in [0.717, 1.165) is 11.3 Å². The van der Waals surface area contributed by atoms with Gasteiger partial charge in [-0.2, -0.15) is 5.26 Å². The van der Waals surface area contributed by atoms with Gasteiger partial charge in [-0.1, -0.05) is 33.8 Å². The molecule has 0 bridgehead atoms. The second kappa shape index (κ2) is 7.49. The van der Waals surface area contributed by atoms with Crippen LogP contribution in [0, 0.1) is 16.7 Å². The molecule has 6 heteroatoms. The lowest BCUT2D eigenvalue weighted by Crippen LogP contribution is -2.27. The lowest BCUT2D eigenvalue weighted by Gasteiger charge is -2.17. The van der Waals surface area contributed by atoms with E-state index in [1.807, 2.05) is 27.7 Å². The van der Waals surface area contributed by atoms with E-state index in [2.05, 4.69) is 16.7 Å². The number of amides is 2. The number of anilines is 2. The van der Waals surface area contributed by atoms with Crippen LogP contribution in [-0.4, -0.2) is 11.8 Å². The molecule has 5 nitrogen and oxygen atoms in total. The summed E-state index contributed by atoms with van der Waals surface area (Å²) in [6, 6.07) is 10.6. The summed E-state index contributed by atoms with van der Waals surface area (Å²) in [7, 11) is 0. The van der Waals surface area contributed by atoms with Crippen molar-refractivity contribution in [3.05, 3.63) is 46.3 Å². The van der Waals surface area contributed by atoms with Gasteiger partial charge in [-0.05, 0) is 30.7 Å². The number of nitriles is 1. The summed E-state index contributed by atoms with van der Waals surface area (Å²) in [5.41, 5.74) is 0.927. The average molecular weight is 355 g/mol. The first-order valence-corrected chi connectivity index (χ1v) is 8.82. The minimum atomic E-state index is -0.520. The molecule has 1 aromatic heterocycles. The molecule has 1 aromatic carbocycles. The number of aryl methyl sites for hydroxylation is 1. The molecule has 0 saturated heterocycles. The molecule has 2 N–H and O–H groups in total. The van der Waals surface area contributed by atoms with Crippen LogP contribution in [0.1, 0.15) is 48.5 Å². The molecule has 25 heavy (non-hydrogen) atoms. The maximum absolute atomic E-state index is 12.5. The van der Waals surface area contributed by atoms with Crippen molar-refractivity contribution in [2.45, 2.75) is 34.1 Å². The Morgan fingerprint density at radius 1 is 1.20 bits per heavy atom. The van der Waals surface area contributed by atoms with Crippen LogP contribution in [0.2, 0.25) is 0 Å². The molecule has 0 aliphatic carbocycles. The van der Waals surface area contributed by atoms with E-state index in [0.29, 0.717) is 21.8 Å². The fourth-order valence-corrected chi connectivity index (χ4v) is 2.97. The van der Waals surface area contributed by atoms with Crippen molar-refractivity contribution in [1.82, 2.24) is 0 Å². The maximum Gasteiger partial charge on any atom is 0.256 e. The predicted molar refractivity (Wildman–Crippen MR) is 101 cm³/mol. The highest BCUT2D eigenvalue weighted by molar-refractivity contribution is 7.16. The highest BCUT2D eigenvalue weighted by atomic mass is 32.1. The normalized spacial score (nSPS) is 10.8. The first kappa shape index (κ1) is 18.7. The minimum Gasteiger partial charge on any atom is -0.326 e. The van der Waals surface area contributed by atoms with Gasteiger partial charge in [-0.3, -0.25) is 9.59 Å². The van der Waals surface area contributed by atoms with Crippen LogP contribution in [0.15, 0.2) is 30.3 Å². The lowest BCUT2D eigenvalue weighted by molar-refractivity contribution is -0.123. The van der Waals surface area contributed by atoms with Gasteiger partial charge in [0.15, 0.2) is 0 Å². The van der Waals surface area contributed by atoms with Gasteiger partial charge in [-0.25, -0.2) is 0 Å². The third kappa shape index (κ3) is 4.68. The molecule has 0 unspecified atom stereocenters. The van der Waals surface area contributed by atoms with Crippen molar-refractivity contribution in [1.29, 1.82) is 5.26 Å². The number of nitrogens with zero attached hydrogens (tertiary/aromatic N) is 1. The number of hydrogen-bond donors (Lipinski definition) is 2. The van der Waals surface area contributed by atoms with Crippen LogP contribution in [0.25, 0.3) is 0 Å². The standard InChI is InChI=1S/C19H21N3O2S/c1-5-15-10-13(11-20)17(25-15)22-16(23)12-7-6-8-14(9-12)21-18(24)19(2,3)4/h6-10H,5H2,1-4H3,(H,21,24)(H,22,23). The van der Waals surface area contributed by atoms with Crippen LogP contribution >= 0.6 is 11.3 Å². The maximum atomic E-state index is 12.5. The van der Waals surface area contributed by atoms with E-state index in [-0.39, 0.29) is 11.8 Å². The van der Waals surface area contributed by atoms with Gasteiger partial charge >= 0.3 is 0 Å². The Morgan fingerprint density at radius 3 is 2.52 bits per heavy atom. The lowest BCUT2D eigenvalue weighted by atomic mass is 9.95. The van der Waals surface area contributed by atoms with Crippen molar-refractivity contribution in [3.8, 4) is 6.07 Å². The Kier molecular flexibility index (Phi) is 5.60. The van der Waals surface area contributed by atoms with Gasteiger partial charge in [0.2, 0.25) is 5.91 Å². The Labute approximate surface area is 151 Å². The fourth-order valence-electron chi connectivity index (χ4n) is 2.02. The van der Waals surface area contributed by atoms with E-state index < -0.39 is 5.41 Å². The zero-order chi connectivity index (χ0) is 18.6. The topological polar surface area (TPSA) is 82.0 Å².